The number of hydrogen-bond donors (Lipinski definition) is 2. The molecular weight excluding hydrogens is 494 g/mol. The molecule has 0 aliphatic heterocycles. The number of nitrogens with one attached hydrogen (secondary N) is 1. The largest absolute Gasteiger partial charge is 0.494 e. The highest BCUT2D eigenvalue weighted by Gasteiger charge is 2.42. The Morgan fingerprint density at radius 1 is 1.09 bits per heavy atom. The fraction of sp³-hybridized carbons (Fsp3) is 0.500. The summed E-state index contributed by atoms with van der Waals surface area (Å²) >= 11 is 0. The van der Waals surface area contributed by atoms with E-state index < -0.39 is 22.0 Å². The lowest BCUT2D eigenvalue weighted by molar-refractivity contribution is -0.136. The molecule has 1 fully saturated rings. The number of halogens is 1. The maximum atomic E-state index is 13.9. The highest BCUT2D eigenvalue weighted by atomic mass is 35.5. The number of aromatic nitrogens is 1. The summed E-state index contributed by atoms with van der Waals surface area (Å²) in [5.41, 5.74) is 2.39. The molecule has 1 aromatic heterocycles. The monoisotopic (exact) mass is 527 g/mol. The third-order valence-electron chi connectivity index (χ3n) is 6.09. The highest BCUT2D eigenvalue weighted by Crippen LogP contribution is 2.34. The van der Waals surface area contributed by atoms with Gasteiger partial charge in [-0.15, -0.1) is 12.4 Å². The maximum Gasteiger partial charge on any atom is 0.262 e. The van der Waals surface area contributed by atoms with Crippen LogP contribution in [0.1, 0.15) is 45.1 Å². The van der Waals surface area contributed by atoms with Crippen molar-refractivity contribution in [3.63, 3.8) is 0 Å². The zero-order chi connectivity index (χ0) is 24.6. The molecule has 0 bridgehead atoms. The Balaban J connectivity index is 0.00000432. The molecule has 0 unspecified atom stereocenters. The van der Waals surface area contributed by atoms with Crippen LogP contribution >= 0.6 is 12.4 Å². The van der Waals surface area contributed by atoms with E-state index in [2.05, 4.69) is 4.98 Å². The Labute approximate surface area is 213 Å². The Morgan fingerprint density at radius 3 is 2.26 bits per heavy atom. The molecule has 1 atom stereocenters. The summed E-state index contributed by atoms with van der Waals surface area (Å²) in [6.07, 6.45) is 5.90. The van der Waals surface area contributed by atoms with Gasteiger partial charge in [-0.1, -0.05) is 0 Å². The number of rotatable bonds is 11. The summed E-state index contributed by atoms with van der Waals surface area (Å²) in [6, 6.07) is 8.46. The molecule has 11 heteroatoms. The van der Waals surface area contributed by atoms with Gasteiger partial charge in [-0.2, -0.15) is 4.31 Å². The fourth-order valence-electron chi connectivity index (χ4n) is 4.46. The molecule has 0 radical (unpaired) electrons. The van der Waals surface area contributed by atoms with Crippen LogP contribution in [0.4, 0.5) is 0 Å². The molecule has 0 spiro atoms. The third-order valence-corrected chi connectivity index (χ3v) is 7.93. The summed E-state index contributed by atoms with van der Waals surface area (Å²) in [7, 11) is -4.10. The minimum absolute atomic E-state index is 0. The Bertz CT molecular complexity index is 1020. The SMILES string of the molecule is CCOc1ccc(S(=O)(=O)N(Cc2ccncc2)[C@@H](C(=O)NO)C2CCC(OCC)CC2)cc1.Cl. The Kier molecular flexibility index (Phi) is 11.4. The van der Waals surface area contributed by atoms with E-state index in [1.165, 1.54) is 16.4 Å². The first-order valence-electron chi connectivity index (χ1n) is 11.6. The van der Waals surface area contributed by atoms with Crippen LogP contribution in [0.15, 0.2) is 53.7 Å². The molecule has 1 saturated carbocycles. The smallest absolute Gasteiger partial charge is 0.262 e. The van der Waals surface area contributed by atoms with Crippen molar-refractivity contribution in [2.45, 2.75) is 63.1 Å². The zero-order valence-corrected chi connectivity index (χ0v) is 21.6. The fourth-order valence-corrected chi connectivity index (χ4v) is 6.10. The van der Waals surface area contributed by atoms with Crippen molar-refractivity contribution in [3.8, 4) is 5.75 Å². The summed E-state index contributed by atoms with van der Waals surface area (Å²) in [6.45, 7) is 4.81. The van der Waals surface area contributed by atoms with Gasteiger partial charge < -0.3 is 9.47 Å². The maximum absolute atomic E-state index is 13.9. The molecule has 2 N–H and O–H groups in total. The van der Waals surface area contributed by atoms with Crippen LogP contribution in [0.25, 0.3) is 0 Å². The van der Waals surface area contributed by atoms with E-state index in [4.69, 9.17) is 9.47 Å². The van der Waals surface area contributed by atoms with Gasteiger partial charge in [0, 0.05) is 25.5 Å². The van der Waals surface area contributed by atoms with E-state index in [9.17, 15) is 18.4 Å². The predicted molar refractivity (Wildman–Crippen MR) is 133 cm³/mol. The molecule has 2 aromatic rings. The van der Waals surface area contributed by atoms with Crippen molar-refractivity contribution < 1.29 is 27.9 Å². The van der Waals surface area contributed by atoms with Crippen LogP contribution in [-0.2, 0) is 26.1 Å². The second-order valence-electron chi connectivity index (χ2n) is 8.22. The summed E-state index contributed by atoms with van der Waals surface area (Å²) in [5, 5.41) is 9.55. The second kappa shape index (κ2) is 13.7. The second-order valence-corrected chi connectivity index (χ2v) is 10.1. The van der Waals surface area contributed by atoms with Crippen LogP contribution in [0.3, 0.4) is 0 Å². The number of hydrogen-bond acceptors (Lipinski definition) is 7. The third kappa shape index (κ3) is 7.37. The van der Waals surface area contributed by atoms with Gasteiger partial charge in [-0.05, 0) is 87.4 Å². The highest BCUT2D eigenvalue weighted by molar-refractivity contribution is 7.89. The van der Waals surface area contributed by atoms with Crippen molar-refractivity contribution in [3.05, 3.63) is 54.4 Å². The molecule has 3 rings (SSSR count). The lowest BCUT2D eigenvalue weighted by atomic mass is 9.82. The average molecular weight is 528 g/mol. The number of carbonyl (C=O) groups is 1. The normalized spacial score (nSPS) is 19.0. The molecule has 9 nitrogen and oxygen atoms in total. The molecule has 1 heterocycles. The number of carbonyl (C=O) groups excluding carboxylic acids is 1. The molecule has 35 heavy (non-hydrogen) atoms. The molecule has 0 saturated heterocycles. The molecule has 194 valence electrons. The van der Waals surface area contributed by atoms with E-state index >= 15 is 0 Å². The predicted octanol–water partition coefficient (Wildman–Crippen LogP) is 3.56. The Hall–Kier alpha value is -2.24. The molecular formula is C24H34ClN3O6S. The first-order valence-corrected chi connectivity index (χ1v) is 13.0. The van der Waals surface area contributed by atoms with Crippen molar-refractivity contribution in [2.24, 2.45) is 5.92 Å². The molecule has 1 aliphatic rings. The average Bonchev–Trinajstić information content (AvgIpc) is 2.86. The summed E-state index contributed by atoms with van der Waals surface area (Å²) in [4.78, 5) is 17.0. The van der Waals surface area contributed by atoms with Gasteiger partial charge in [-0.3, -0.25) is 15.0 Å². The summed E-state index contributed by atoms with van der Waals surface area (Å²) in [5.74, 6) is -0.465. The first-order chi connectivity index (χ1) is 16.4. The number of amides is 1. The molecule has 1 aliphatic carbocycles. The van der Waals surface area contributed by atoms with Gasteiger partial charge in [-0.25, -0.2) is 13.9 Å². The standard InChI is InChI=1S/C24H33N3O6S.ClH/c1-3-32-20-7-5-19(6-8-20)23(24(28)26-29)27(17-18-13-15-25-16-14-18)34(30,31)22-11-9-21(10-12-22)33-4-2;/h9-16,19-20,23,29H,3-8,17H2,1-2H3,(H,26,28);1H/t19?,20?,23-;/m1./s1. The van der Waals surface area contributed by atoms with Crippen LogP contribution in [0.5, 0.6) is 5.75 Å². The van der Waals surface area contributed by atoms with Gasteiger partial charge in [0.15, 0.2) is 0 Å². The van der Waals surface area contributed by atoms with Gasteiger partial charge in [0.2, 0.25) is 10.0 Å². The molecule has 1 aromatic carbocycles. The number of sulfonamides is 1. The van der Waals surface area contributed by atoms with Gasteiger partial charge >= 0.3 is 0 Å². The van der Waals surface area contributed by atoms with Gasteiger partial charge in [0.1, 0.15) is 11.8 Å². The van der Waals surface area contributed by atoms with E-state index in [1.807, 2.05) is 13.8 Å². The topological polar surface area (TPSA) is 118 Å². The Morgan fingerprint density at radius 2 is 1.71 bits per heavy atom. The van der Waals surface area contributed by atoms with Crippen LogP contribution in [-0.4, -0.2) is 54.2 Å². The van der Waals surface area contributed by atoms with E-state index in [0.29, 0.717) is 37.4 Å². The number of hydroxylamine groups is 1. The van der Waals surface area contributed by atoms with E-state index in [1.54, 1.807) is 42.1 Å². The number of pyridine rings is 1. The van der Waals surface area contributed by atoms with Gasteiger partial charge in [0.25, 0.3) is 5.91 Å². The van der Waals surface area contributed by atoms with Crippen molar-refractivity contribution in [2.75, 3.05) is 13.2 Å². The van der Waals surface area contributed by atoms with E-state index in [0.717, 1.165) is 12.8 Å². The van der Waals surface area contributed by atoms with Crippen molar-refractivity contribution in [1.29, 1.82) is 0 Å². The lowest BCUT2D eigenvalue weighted by Gasteiger charge is -2.38. The molecule has 1 amide bonds. The quantitative estimate of drug-likeness (QED) is 0.339. The van der Waals surface area contributed by atoms with Crippen molar-refractivity contribution in [1.82, 2.24) is 14.8 Å². The zero-order valence-electron chi connectivity index (χ0n) is 20.0. The minimum atomic E-state index is -4.10. The lowest BCUT2D eigenvalue weighted by Crippen LogP contribution is -2.53. The van der Waals surface area contributed by atoms with E-state index in [-0.39, 0.29) is 35.9 Å². The van der Waals surface area contributed by atoms with Crippen LogP contribution in [0, 0.1) is 5.92 Å². The number of benzene rings is 1. The minimum Gasteiger partial charge on any atom is -0.494 e. The van der Waals surface area contributed by atoms with Crippen molar-refractivity contribution >= 4 is 28.3 Å². The first kappa shape index (κ1) is 29.0. The van der Waals surface area contributed by atoms with Crippen LogP contribution in [0.2, 0.25) is 0 Å². The van der Waals surface area contributed by atoms with Gasteiger partial charge in [0.05, 0.1) is 17.6 Å². The summed E-state index contributed by atoms with van der Waals surface area (Å²) < 4.78 is 40.1. The van der Waals surface area contributed by atoms with Crippen LogP contribution < -0.4 is 10.2 Å². The number of nitrogens with zero attached hydrogens (tertiary/aromatic N) is 2. The number of ether oxygens (including phenoxy) is 2.